The van der Waals surface area contributed by atoms with Crippen LogP contribution in [-0.2, 0) is 40.0 Å². The number of rotatable bonds is 19. The van der Waals surface area contributed by atoms with E-state index >= 15 is 0 Å². The summed E-state index contributed by atoms with van der Waals surface area (Å²) in [6.07, 6.45) is 3.70. The standard InChI is InChI=1S/C40H63N11O11/c1-26(2)21-30-29(37(58)48-61)5-4-20-62-28-9-7-27(8-10-28)22-32(47-36(30)57)39(60)46-31(6-3-11-45-40(41)42)38(59)44-13-12-43-33(52)23-49-14-16-50(24-34(53)54)18-19-51(17-15-49)25-35(55)56/h4-5,7-10,26,29-32,61H,3,6,11-25H2,1-2H3,(H,43,52)(H,44,59)(H,46,60)(H,47,57)(H,48,58)(H,53,54)(H,55,56)(H4,41,42,45)/b5-4+/t29-,30+,31-,32-/m0/s1. The van der Waals surface area contributed by atoms with Gasteiger partial charge in [-0.05, 0) is 42.9 Å². The average Bonchev–Trinajstić information content (AvgIpc) is 3.29. The summed E-state index contributed by atoms with van der Waals surface area (Å²) in [5, 5.41) is 39.2. The summed E-state index contributed by atoms with van der Waals surface area (Å²) in [4.78, 5) is 99.5. The van der Waals surface area contributed by atoms with Gasteiger partial charge in [0.1, 0.15) is 24.4 Å². The van der Waals surface area contributed by atoms with Gasteiger partial charge in [-0.15, -0.1) is 0 Å². The number of amides is 5. The van der Waals surface area contributed by atoms with Gasteiger partial charge in [-0.1, -0.05) is 38.1 Å². The maximum absolute atomic E-state index is 14.1. The molecule has 4 rings (SSSR count). The van der Waals surface area contributed by atoms with Crippen LogP contribution in [0.4, 0.5) is 0 Å². The number of carboxylic acids is 2. The second-order valence-electron chi connectivity index (χ2n) is 15.7. The molecule has 1 fully saturated rings. The zero-order valence-corrected chi connectivity index (χ0v) is 35.4. The lowest BCUT2D eigenvalue weighted by Crippen LogP contribution is -2.56. The second-order valence-corrected chi connectivity index (χ2v) is 15.7. The van der Waals surface area contributed by atoms with Gasteiger partial charge in [-0.3, -0.25) is 58.5 Å². The third-order valence-corrected chi connectivity index (χ3v) is 10.2. The molecular formula is C40H63N11O11. The summed E-state index contributed by atoms with van der Waals surface area (Å²) < 4.78 is 5.76. The topological polar surface area (TPSA) is 324 Å². The van der Waals surface area contributed by atoms with Gasteiger partial charge in [-0.2, -0.15) is 0 Å². The fourth-order valence-corrected chi connectivity index (χ4v) is 7.05. The van der Waals surface area contributed by atoms with E-state index < -0.39 is 59.5 Å². The maximum atomic E-state index is 14.1. The van der Waals surface area contributed by atoms with Crippen molar-refractivity contribution in [3.63, 3.8) is 0 Å². The fraction of sp³-hybridized carbons (Fsp3) is 0.600. The van der Waals surface area contributed by atoms with Crippen LogP contribution < -0.4 is 43.0 Å². The molecule has 344 valence electrons. The first-order valence-electron chi connectivity index (χ1n) is 20.7. The van der Waals surface area contributed by atoms with Gasteiger partial charge in [0, 0.05) is 65.3 Å². The van der Waals surface area contributed by atoms with Crippen LogP contribution in [0.1, 0.15) is 38.7 Å². The van der Waals surface area contributed by atoms with Gasteiger partial charge in [0.2, 0.25) is 23.6 Å². The third-order valence-electron chi connectivity index (χ3n) is 10.2. The Hall–Kier alpha value is -5.84. The van der Waals surface area contributed by atoms with Crippen molar-refractivity contribution in [2.45, 2.75) is 51.6 Å². The number of ether oxygens (including phenoxy) is 1. The van der Waals surface area contributed by atoms with E-state index in [9.17, 15) is 49.0 Å². The number of carbonyl (C=O) groups excluding carboxylic acids is 5. The Kier molecular flexibility index (Phi) is 21.6. The Balaban J connectivity index is 1.72. The van der Waals surface area contributed by atoms with Crippen LogP contribution in [0.25, 0.3) is 0 Å². The van der Waals surface area contributed by atoms with Gasteiger partial charge in [0.15, 0.2) is 5.96 Å². The molecule has 0 aromatic heterocycles. The summed E-state index contributed by atoms with van der Waals surface area (Å²) in [6, 6.07) is 4.56. The first-order valence-corrected chi connectivity index (χ1v) is 20.7. The lowest BCUT2D eigenvalue weighted by Gasteiger charge is -2.28. The fourth-order valence-electron chi connectivity index (χ4n) is 7.05. The van der Waals surface area contributed by atoms with Crippen molar-refractivity contribution in [3.8, 4) is 5.75 Å². The van der Waals surface area contributed by atoms with E-state index in [2.05, 4.69) is 26.3 Å². The number of aliphatic imine (C=N–C) groups is 1. The van der Waals surface area contributed by atoms with Crippen LogP contribution in [0.15, 0.2) is 41.4 Å². The molecule has 12 N–H and O–H groups in total. The van der Waals surface area contributed by atoms with Gasteiger partial charge in [0.25, 0.3) is 5.91 Å². The van der Waals surface area contributed by atoms with Gasteiger partial charge >= 0.3 is 11.9 Å². The van der Waals surface area contributed by atoms with Crippen LogP contribution in [0.5, 0.6) is 5.75 Å². The summed E-state index contributed by atoms with van der Waals surface area (Å²) in [5.74, 6) is -6.86. The van der Waals surface area contributed by atoms with E-state index in [1.165, 1.54) is 6.08 Å². The molecule has 22 heteroatoms. The molecule has 4 atom stereocenters. The van der Waals surface area contributed by atoms with E-state index in [0.29, 0.717) is 50.6 Å². The highest BCUT2D eigenvalue weighted by Gasteiger charge is 2.36. The molecule has 1 saturated heterocycles. The minimum atomic E-state index is -1.21. The smallest absolute Gasteiger partial charge is 0.317 e. The highest BCUT2D eigenvalue weighted by molar-refractivity contribution is 5.94. The summed E-state index contributed by atoms with van der Waals surface area (Å²) in [5.41, 5.74) is 13.3. The quantitative estimate of drug-likeness (QED) is 0.0169. The van der Waals surface area contributed by atoms with Gasteiger partial charge in [-0.25, -0.2) is 5.48 Å². The predicted octanol–water partition coefficient (Wildman–Crippen LogP) is -2.69. The minimum Gasteiger partial charge on any atom is -0.490 e. The van der Waals surface area contributed by atoms with Crippen LogP contribution in [-0.4, -0.2) is 175 Å². The molecule has 2 bridgehead atoms. The summed E-state index contributed by atoms with van der Waals surface area (Å²) in [7, 11) is 0. The SMILES string of the molecule is CC(C)C[C@H]1C(=O)N[C@H](C(=O)N[C@@H](CCCN=C(N)N)C(=O)NCCNC(=O)CN2CCN(CC(=O)O)CCN(CC(=O)O)CC2)Cc2ccc(cc2)OC/C=C/[C@@H]1C(=O)NO. The molecule has 0 radical (unpaired) electrons. The normalized spacial score (nSPS) is 20.4. The number of guanidine groups is 1. The highest BCUT2D eigenvalue weighted by atomic mass is 16.5. The second kappa shape index (κ2) is 26.5. The number of carboxylic acid groups (broad SMARTS) is 2. The zero-order chi connectivity index (χ0) is 45.6. The lowest BCUT2D eigenvalue weighted by atomic mass is 9.83. The average molecular weight is 874 g/mol. The number of hydrogen-bond donors (Lipinski definition) is 10. The number of nitrogens with two attached hydrogens (primary N) is 2. The molecule has 62 heavy (non-hydrogen) atoms. The predicted molar refractivity (Wildman–Crippen MR) is 226 cm³/mol. The molecule has 0 saturated carbocycles. The Morgan fingerprint density at radius 3 is 2.00 bits per heavy atom. The van der Waals surface area contributed by atoms with Crippen molar-refractivity contribution in [1.29, 1.82) is 0 Å². The molecule has 0 unspecified atom stereocenters. The number of nitrogens with zero attached hydrogens (tertiary/aromatic N) is 4. The third kappa shape index (κ3) is 18.8. The molecule has 5 amide bonds. The first kappa shape index (κ1) is 50.5. The van der Waals surface area contributed by atoms with Crippen LogP contribution in [0, 0.1) is 17.8 Å². The number of carbonyl (C=O) groups is 7. The number of benzene rings is 1. The lowest BCUT2D eigenvalue weighted by molar-refractivity contribution is -0.140. The Morgan fingerprint density at radius 1 is 0.871 bits per heavy atom. The van der Waals surface area contributed by atoms with Crippen molar-refractivity contribution in [3.05, 3.63) is 42.0 Å². The number of fused-ring (bicyclic) bond motifs is 10. The Labute approximate surface area is 360 Å². The number of hydroxylamine groups is 1. The molecule has 3 aliphatic heterocycles. The summed E-state index contributed by atoms with van der Waals surface area (Å²) >= 11 is 0. The van der Waals surface area contributed by atoms with Crippen molar-refractivity contribution < 1.29 is 53.7 Å². The van der Waals surface area contributed by atoms with Crippen molar-refractivity contribution in [1.82, 2.24) is 41.4 Å². The summed E-state index contributed by atoms with van der Waals surface area (Å²) in [6.45, 7) is 5.67. The van der Waals surface area contributed by atoms with E-state index in [0.717, 1.165) is 0 Å². The first-order chi connectivity index (χ1) is 29.5. The molecule has 1 aromatic carbocycles. The number of aliphatic carboxylic acids is 2. The van der Waals surface area contributed by atoms with Crippen molar-refractivity contribution in [2.24, 2.45) is 34.2 Å². The number of nitrogens with one attached hydrogen (secondary N) is 5. The van der Waals surface area contributed by atoms with E-state index in [1.54, 1.807) is 50.5 Å². The molecule has 3 aliphatic rings. The van der Waals surface area contributed by atoms with Gasteiger partial charge in [0.05, 0.1) is 31.5 Å². The molecule has 0 aliphatic carbocycles. The maximum Gasteiger partial charge on any atom is 0.317 e. The van der Waals surface area contributed by atoms with E-state index in [1.807, 2.05) is 13.8 Å². The van der Waals surface area contributed by atoms with Gasteiger partial charge < -0.3 is 47.7 Å². The molecule has 22 nitrogen and oxygen atoms in total. The van der Waals surface area contributed by atoms with Crippen molar-refractivity contribution >= 4 is 47.4 Å². The van der Waals surface area contributed by atoms with Crippen molar-refractivity contribution in [2.75, 3.05) is 85.1 Å². The van der Waals surface area contributed by atoms with Crippen LogP contribution in [0.2, 0.25) is 0 Å². The van der Waals surface area contributed by atoms with Crippen LogP contribution >= 0.6 is 0 Å². The Bertz CT molecular complexity index is 1700. The molecular weight excluding hydrogens is 811 g/mol. The molecule has 3 heterocycles. The number of hydrogen-bond acceptors (Lipinski definition) is 13. The monoisotopic (exact) mass is 873 g/mol. The molecule has 0 spiro atoms. The van der Waals surface area contributed by atoms with E-state index in [4.69, 9.17) is 16.2 Å². The molecule has 1 aromatic rings. The van der Waals surface area contributed by atoms with Crippen LogP contribution in [0.3, 0.4) is 0 Å². The Morgan fingerprint density at radius 2 is 1.45 bits per heavy atom. The zero-order valence-electron chi connectivity index (χ0n) is 35.4. The largest absolute Gasteiger partial charge is 0.490 e. The van der Waals surface area contributed by atoms with E-state index in [-0.39, 0.29) is 89.3 Å². The minimum absolute atomic E-state index is 0.0134. The highest BCUT2D eigenvalue weighted by Crippen LogP contribution is 2.24.